The quantitative estimate of drug-likeness (QED) is 0.573. The average Bonchev–Trinajstić information content (AvgIpc) is 2.14. The van der Waals surface area contributed by atoms with Crippen molar-refractivity contribution >= 4 is 15.9 Å². The average molecular weight is 287 g/mol. The third-order valence-electron chi connectivity index (χ3n) is 2.41. The summed E-state index contributed by atoms with van der Waals surface area (Å²) in [5, 5.41) is 0. The number of hydrogen-bond acceptors (Lipinski definition) is 5. The predicted octanol–water partition coefficient (Wildman–Crippen LogP) is 1.03. The van der Waals surface area contributed by atoms with Crippen LogP contribution in [0.5, 0.6) is 0 Å². The second kappa shape index (κ2) is 4.88. The van der Waals surface area contributed by atoms with Crippen LogP contribution in [0.4, 0.5) is 13.2 Å². The summed E-state index contributed by atoms with van der Waals surface area (Å²) in [7, 11) is -4.14. The molecule has 9 heteroatoms. The van der Waals surface area contributed by atoms with E-state index in [0.717, 1.165) is 6.92 Å². The number of ketones is 1. The standard InChI is InChI=1S/C9H12F3NO4S/c1-6(14)7-3-4-13(2)5-8(7)17-18(15,16)9(10,11)12/h3-5H2,1-2H3. The van der Waals surface area contributed by atoms with Gasteiger partial charge in [0.05, 0.1) is 6.54 Å². The van der Waals surface area contributed by atoms with Gasteiger partial charge in [-0.1, -0.05) is 0 Å². The molecule has 0 atom stereocenters. The zero-order valence-corrected chi connectivity index (χ0v) is 10.6. The second-order valence-corrected chi connectivity index (χ2v) is 5.47. The zero-order valence-electron chi connectivity index (χ0n) is 9.74. The molecule has 104 valence electrons. The van der Waals surface area contributed by atoms with Crippen molar-refractivity contribution in [3.8, 4) is 0 Å². The molecular weight excluding hydrogens is 275 g/mol. The van der Waals surface area contributed by atoms with Crippen LogP contribution in [0.3, 0.4) is 0 Å². The van der Waals surface area contributed by atoms with Gasteiger partial charge in [-0.15, -0.1) is 0 Å². The molecule has 0 aliphatic carbocycles. The van der Waals surface area contributed by atoms with E-state index in [1.165, 1.54) is 0 Å². The highest BCUT2D eigenvalue weighted by Gasteiger charge is 2.49. The van der Waals surface area contributed by atoms with Gasteiger partial charge in [0.15, 0.2) is 5.78 Å². The summed E-state index contributed by atoms with van der Waals surface area (Å²) in [6.45, 7) is 1.46. The van der Waals surface area contributed by atoms with Crippen LogP contribution < -0.4 is 0 Å². The predicted molar refractivity (Wildman–Crippen MR) is 55.9 cm³/mol. The van der Waals surface area contributed by atoms with Gasteiger partial charge in [0.25, 0.3) is 0 Å². The summed E-state index contributed by atoms with van der Waals surface area (Å²) >= 11 is 0. The van der Waals surface area contributed by atoms with E-state index in [0.29, 0.717) is 6.54 Å². The normalized spacial score (nSPS) is 18.9. The van der Waals surface area contributed by atoms with E-state index in [-0.39, 0.29) is 18.5 Å². The van der Waals surface area contributed by atoms with Crippen molar-refractivity contribution in [1.29, 1.82) is 0 Å². The lowest BCUT2D eigenvalue weighted by Gasteiger charge is -2.26. The fourth-order valence-electron chi connectivity index (χ4n) is 1.49. The number of nitrogens with zero attached hydrogens (tertiary/aromatic N) is 1. The lowest BCUT2D eigenvalue weighted by atomic mass is 10.0. The lowest BCUT2D eigenvalue weighted by Crippen LogP contribution is -2.34. The number of likely N-dealkylation sites (N-methyl/N-ethyl adjacent to an activating group) is 1. The molecule has 0 N–H and O–H groups in total. The molecule has 1 heterocycles. The van der Waals surface area contributed by atoms with E-state index in [1.54, 1.807) is 11.9 Å². The topological polar surface area (TPSA) is 63.7 Å². The highest BCUT2D eigenvalue weighted by Crippen LogP contribution is 2.29. The van der Waals surface area contributed by atoms with Crippen molar-refractivity contribution in [2.75, 3.05) is 20.1 Å². The van der Waals surface area contributed by atoms with Gasteiger partial charge in [-0.05, 0) is 20.4 Å². The van der Waals surface area contributed by atoms with Crippen molar-refractivity contribution in [2.45, 2.75) is 18.9 Å². The van der Waals surface area contributed by atoms with E-state index in [9.17, 15) is 26.4 Å². The Kier molecular flexibility index (Phi) is 4.06. The van der Waals surface area contributed by atoms with Gasteiger partial charge in [-0.25, -0.2) is 0 Å². The van der Waals surface area contributed by atoms with Gasteiger partial charge in [-0.3, -0.25) is 9.69 Å². The van der Waals surface area contributed by atoms with Crippen LogP contribution in [0.1, 0.15) is 13.3 Å². The van der Waals surface area contributed by atoms with Crippen LogP contribution >= 0.6 is 0 Å². The Morgan fingerprint density at radius 1 is 1.39 bits per heavy atom. The molecule has 0 unspecified atom stereocenters. The van der Waals surface area contributed by atoms with E-state index >= 15 is 0 Å². The van der Waals surface area contributed by atoms with Gasteiger partial charge >= 0.3 is 15.6 Å². The maximum atomic E-state index is 12.2. The monoisotopic (exact) mass is 287 g/mol. The number of alkyl halides is 3. The summed E-state index contributed by atoms with van der Waals surface area (Å²) in [5.41, 5.74) is -5.52. The minimum absolute atomic E-state index is 0.0130. The summed E-state index contributed by atoms with van der Waals surface area (Å²) < 4.78 is 62.4. The van der Waals surface area contributed by atoms with Crippen LogP contribution in [0.25, 0.3) is 0 Å². The smallest absolute Gasteiger partial charge is 0.379 e. The van der Waals surface area contributed by atoms with Gasteiger partial charge in [0, 0.05) is 12.1 Å². The molecular formula is C9H12F3NO4S. The van der Waals surface area contributed by atoms with Crippen molar-refractivity contribution < 1.29 is 30.6 Å². The SMILES string of the molecule is CC(=O)C1=C(OS(=O)(=O)C(F)(F)F)CN(C)CC1. The van der Waals surface area contributed by atoms with Crippen LogP contribution in [0, 0.1) is 0 Å². The Hall–Kier alpha value is -1.09. The first kappa shape index (κ1) is 15.0. The Labute approximate surface area is 102 Å². The summed E-state index contributed by atoms with van der Waals surface area (Å²) in [4.78, 5) is 12.8. The van der Waals surface area contributed by atoms with Crippen LogP contribution in [-0.2, 0) is 19.1 Å². The third kappa shape index (κ3) is 3.22. The van der Waals surface area contributed by atoms with Crippen LogP contribution in [0.15, 0.2) is 11.3 Å². The molecule has 0 fully saturated rings. The molecule has 0 spiro atoms. The molecule has 0 aromatic rings. The molecule has 0 saturated carbocycles. The molecule has 0 radical (unpaired) electrons. The summed E-state index contributed by atoms with van der Waals surface area (Å²) in [6.07, 6.45) is 0.161. The number of rotatable bonds is 3. The summed E-state index contributed by atoms with van der Waals surface area (Å²) in [5.74, 6) is -0.941. The van der Waals surface area contributed by atoms with E-state index in [2.05, 4.69) is 4.18 Å². The molecule has 0 aromatic carbocycles. The van der Waals surface area contributed by atoms with Gasteiger partial charge in [0.1, 0.15) is 5.76 Å². The third-order valence-corrected chi connectivity index (χ3v) is 3.40. The highest BCUT2D eigenvalue weighted by atomic mass is 32.2. The van der Waals surface area contributed by atoms with E-state index < -0.39 is 27.2 Å². The van der Waals surface area contributed by atoms with Gasteiger partial charge < -0.3 is 4.18 Å². The minimum Gasteiger partial charge on any atom is -0.379 e. The number of Topliss-reactive ketones (excluding diaryl/α,β-unsaturated/α-hetero) is 1. The first-order valence-corrected chi connectivity index (χ1v) is 6.37. The van der Waals surface area contributed by atoms with Crippen molar-refractivity contribution in [3.05, 3.63) is 11.3 Å². The maximum Gasteiger partial charge on any atom is 0.534 e. The number of carbonyl (C=O) groups is 1. The number of hydrogen-bond donors (Lipinski definition) is 0. The fraction of sp³-hybridized carbons (Fsp3) is 0.667. The molecule has 0 aromatic heterocycles. The number of halogens is 3. The van der Waals surface area contributed by atoms with Crippen LogP contribution in [0.2, 0.25) is 0 Å². The Morgan fingerprint density at radius 3 is 2.39 bits per heavy atom. The van der Waals surface area contributed by atoms with Crippen LogP contribution in [-0.4, -0.2) is 44.7 Å². The van der Waals surface area contributed by atoms with E-state index in [4.69, 9.17) is 0 Å². The highest BCUT2D eigenvalue weighted by molar-refractivity contribution is 7.87. The Morgan fingerprint density at radius 2 is 1.94 bits per heavy atom. The molecule has 18 heavy (non-hydrogen) atoms. The molecule has 0 saturated heterocycles. The second-order valence-electron chi connectivity index (χ2n) is 3.93. The largest absolute Gasteiger partial charge is 0.534 e. The van der Waals surface area contributed by atoms with E-state index in [1.807, 2.05) is 0 Å². The molecule has 0 bridgehead atoms. The molecule has 0 amide bonds. The fourth-order valence-corrected chi connectivity index (χ4v) is 2.00. The minimum atomic E-state index is -5.72. The van der Waals surface area contributed by atoms with Gasteiger partial charge in [-0.2, -0.15) is 21.6 Å². The number of carbonyl (C=O) groups excluding carboxylic acids is 1. The van der Waals surface area contributed by atoms with Crippen molar-refractivity contribution in [1.82, 2.24) is 4.90 Å². The Balaban J connectivity index is 3.09. The molecule has 1 aliphatic heterocycles. The first-order chi connectivity index (χ1) is 8.04. The molecule has 5 nitrogen and oxygen atoms in total. The lowest BCUT2D eigenvalue weighted by molar-refractivity contribution is -0.114. The zero-order chi connectivity index (χ0) is 14.1. The summed E-state index contributed by atoms with van der Waals surface area (Å²) in [6, 6.07) is 0. The van der Waals surface area contributed by atoms with Crippen molar-refractivity contribution in [2.24, 2.45) is 0 Å². The Bertz CT molecular complexity index is 481. The molecule has 1 aliphatic rings. The maximum absolute atomic E-state index is 12.2. The van der Waals surface area contributed by atoms with Gasteiger partial charge in [0.2, 0.25) is 0 Å². The first-order valence-electron chi connectivity index (χ1n) is 4.97. The molecule has 1 rings (SSSR count). The van der Waals surface area contributed by atoms with Crippen molar-refractivity contribution in [3.63, 3.8) is 0 Å².